The monoisotopic (exact) mass is 400 g/mol. The standard InChI is InChI=1S/C22H25ClN2O3/c1-2-28-22(27)18-10-4-6-12-20(18)24-21(26)17-9-7-13-25(15-17)14-16-8-3-5-11-19(16)23/h3-6,8,10-12,17H,2,7,9,13-15H2,1H3,(H,24,26). The summed E-state index contributed by atoms with van der Waals surface area (Å²) >= 11 is 6.27. The van der Waals surface area contributed by atoms with E-state index in [0.29, 0.717) is 24.4 Å². The number of amides is 1. The SMILES string of the molecule is CCOC(=O)c1ccccc1NC(=O)C1CCCN(Cc2ccccc2Cl)C1. The Labute approximate surface area is 170 Å². The number of carbonyl (C=O) groups is 2. The number of carbonyl (C=O) groups excluding carboxylic acids is 2. The first-order valence-electron chi connectivity index (χ1n) is 9.61. The fourth-order valence-electron chi connectivity index (χ4n) is 3.49. The van der Waals surface area contributed by atoms with Gasteiger partial charge in [-0.1, -0.05) is 41.9 Å². The molecule has 1 saturated heterocycles. The maximum absolute atomic E-state index is 12.8. The van der Waals surface area contributed by atoms with E-state index in [9.17, 15) is 9.59 Å². The van der Waals surface area contributed by atoms with E-state index in [0.717, 1.165) is 36.5 Å². The fourth-order valence-corrected chi connectivity index (χ4v) is 3.69. The molecule has 6 heteroatoms. The lowest BCUT2D eigenvalue weighted by Gasteiger charge is -2.32. The summed E-state index contributed by atoms with van der Waals surface area (Å²) in [6, 6.07) is 14.7. The second-order valence-electron chi connectivity index (χ2n) is 6.92. The minimum Gasteiger partial charge on any atom is -0.462 e. The molecule has 3 rings (SSSR count). The van der Waals surface area contributed by atoms with Crippen molar-refractivity contribution in [3.8, 4) is 0 Å². The summed E-state index contributed by atoms with van der Waals surface area (Å²) in [6.07, 6.45) is 1.77. The number of hydrogen-bond donors (Lipinski definition) is 1. The first-order chi connectivity index (χ1) is 13.6. The lowest BCUT2D eigenvalue weighted by atomic mass is 9.96. The first kappa shape index (κ1) is 20.4. The summed E-state index contributed by atoms with van der Waals surface area (Å²) in [7, 11) is 0. The summed E-state index contributed by atoms with van der Waals surface area (Å²) in [4.78, 5) is 27.2. The van der Waals surface area contributed by atoms with Crippen molar-refractivity contribution in [2.24, 2.45) is 5.92 Å². The van der Waals surface area contributed by atoms with Crippen molar-refractivity contribution in [2.75, 3.05) is 25.0 Å². The minimum atomic E-state index is -0.428. The van der Waals surface area contributed by atoms with E-state index in [1.807, 2.05) is 24.3 Å². The molecular formula is C22H25ClN2O3. The highest BCUT2D eigenvalue weighted by Crippen LogP contribution is 2.24. The Morgan fingerprint density at radius 3 is 2.71 bits per heavy atom. The predicted molar refractivity (Wildman–Crippen MR) is 110 cm³/mol. The van der Waals surface area contributed by atoms with Gasteiger partial charge in [-0.15, -0.1) is 0 Å². The van der Waals surface area contributed by atoms with Gasteiger partial charge in [0.25, 0.3) is 0 Å². The van der Waals surface area contributed by atoms with Gasteiger partial charge in [0.05, 0.1) is 23.8 Å². The van der Waals surface area contributed by atoms with Crippen LogP contribution in [0.5, 0.6) is 0 Å². The molecule has 1 aliphatic heterocycles. The average molecular weight is 401 g/mol. The third-order valence-corrected chi connectivity index (χ3v) is 5.28. The zero-order valence-corrected chi connectivity index (χ0v) is 16.7. The summed E-state index contributed by atoms with van der Waals surface area (Å²) in [5.41, 5.74) is 1.94. The van der Waals surface area contributed by atoms with Crippen molar-refractivity contribution >= 4 is 29.2 Å². The third kappa shape index (κ3) is 5.12. The smallest absolute Gasteiger partial charge is 0.340 e. The number of hydrogen-bond acceptors (Lipinski definition) is 4. The van der Waals surface area contributed by atoms with Crippen LogP contribution in [-0.2, 0) is 16.1 Å². The molecule has 1 unspecified atom stereocenters. The first-order valence-corrected chi connectivity index (χ1v) is 9.99. The van der Waals surface area contributed by atoms with E-state index < -0.39 is 5.97 Å². The molecule has 1 atom stereocenters. The van der Waals surface area contributed by atoms with E-state index >= 15 is 0 Å². The molecule has 2 aromatic carbocycles. The molecule has 1 heterocycles. The summed E-state index contributed by atoms with van der Waals surface area (Å²) < 4.78 is 5.08. The van der Waals surface area contributed by atoms with Gasteiger partial charge in [0.2, 0.25) is 5.91 Å². The normalized spacial score (nSPS) is 17.1. The highest BCUT2D eigenvalue weighted by molar-refractivity contribution is 6.31. The molecule has 0 bridgehead atoms. The van der Waals surface area contributed by atoms with Crippen LogP contribution in [0.4, 0.5) is 5.69 Å². The number of para-hydroxylation sites is 1. The highest BCUT2D eigenvalue weighted by Gasteiger charge is 2.27. The van der Waals surface area contributed by atoms with Crippen molar-refractivity contribution < 1.29 is 14.3 Å². The topological polar surface area (TPSA) is 58.6 Å². The van der Waals surface area contributed by atoms with Crippen LogP contribution in [0.15, 0.2) is 48.5 Å². The number of benzene rings is 2. The van der Waals surface area contributed by atoms with E-state index in [-0.39, 0.29) is 11.8 Å². The molecule has 0 saturated carbocycles. The Balaban J connectivity index is 1.65. The Morgan fingerprint density at radius 2 is 1.93 bits per heavy atom. The maximum atomic E-state index is 12.8. The largest absolute Gasteiger partial charge is 0.462 e. The van der Waals surface area contributed by atoms with E-state index in [1.54, 1.807) is 31.2 Å². The van der Waals surface area contributed by atoms with Crippen LogP contribution in [0.2, 0.25) is 5.02 Å². The van der Waals surface area contributed by atoms with Gasteiger partial charge in [-0.05, 0) is 50.1 Å². The number of halogens is 1. The Kier molecular flexibility index (Phi) is 7.06. The Morgan fingerprint density at radius 1 is 1.18 bits per heavy atom. The minimum absolute atomic E-state index is 0.0689. The number of piperidine rings is 1. The lowest BCUT2D eigenvalue weighted by Crippen LogP contribution is -2.40. The van der Waals surface area contributed by atoms with Gasteiger partial charge < -0.3 is 10.1 Å². The number of rotatable bonds is 6. The number of nitrogens with one attached hydrogen (secondary N) is 1. The van der Waals surface area contributed by atoms with Crippen LogP contribution in [0, 0.1) is 5.92 Å². The van der Waals surface area contributed by atoms with Crippen LogP contribution in [0.1, 0.15) is 35.7 Å². The summed E-state index contributed by atoms with van der Waals surface area (Å²) in [5.74, 6) is -0.630. The van der Waals surface area contributed by atoms with Crippen LogP contribution >= 0.6 is 11.6 Å². The van der Waals surface area contributed by atoms with Crippen LogP contribution < -0.4 is 5.32 Å². The van der Waals surface area contributed by atoms with Crippen LogP contribution in [0.25, 0.3) is 0 Å². The molecule has 1 aliphatic rings. The van der Waals surface area contributed by atoms with Gasteiger partial charge in [-0.2, -0.15) is 0 Å². The molecule has 148 valence electrons. The molecule has 0 aromatic heterocycles. The molecular weight excluding hydrogens is 376 g/mol. The molecule has 0 aliphatic carbocycles. The van der Waals surface area contributed by atoms with E-state index in [1.165, 1.54) is 0 Å². The van der Waals surface area contributed by atoms with Crippen molar-refractivity contribution in [3.63, 3.8) is 0 Å². The zero-order valence-electron chi connectivity index (χ0n) is 16.0. The molecule has 2 aromatic rings. The molecule has 0 spiro atoms. The number of esters is 1. The third-order valence-electron chi connectivity index (χ3n) is 4.91. The van der Waals surface area contributed by atoms with Gasteiger partial charge in [-0.3, -0.25) is 9.69 Å². The fraction of sp³-hybridized carbons (Fsp3) is 0.364. The molecule has 28 heavy (non-hydrogen) atoms. The molecule has 1 fully saturated rings. The van der Waals surface area contributed by atoms with Crippen molar-refractivity contribution in [2.45, 2.75) is 26.3 Å². The number of likely N-dealkylation sites (tertiary alicyclic amines) is 1. The number of anilines is 1. The number of ether oxygens (including phenoxy) is 1. The lowest BCUT2D eigenvalue weighted by molar-refractivity contribution is -0.121. The van der Waals surface area contributed by atoms with Crippen LogP contribution in [-0.4, -0.2) is 36.5 Å². The second-order valence-corrected chi connectivity index (χ2v) is 7.33. The van der Waals surface area contributed by atoms with E-state index in [4.69, 9.17) is 16.3 Å². The van der Waals surface area contributed by atoms with E-state index in [2.05, 4.69) is 10.2 Å². The van der Waals surface area contributed by atoms with Gasteiger partial charge >= 0.3 is 5.97 Å². The van der Waals surface area contributed by atoms with Crippen LogP contribution in [0.3, 0.4) is 0 Å². The highest BCUT2D eigenvalue weighted by atomic mass is 35.5. The van der Waals surface area contributed by atoms with Gasteiger partial charge in [0.1, 0.15) is 0 Å². The van der Waals surface area contributed by atoms with Gasteiger partial charge in [0.15, 0.2) is 0 Å². The molecule has 5 nitrogen and oxygen atoms in total. The van der Waals surface area contributed by atoms with Gasteiger partial charge in [-0.25, -0.2) is 4.79 Å². The predicted octanol–water partition coefficient (Wildman–Crippen LogP) is 4.37. The summed E-state index contributed by atoms with van der Waals surface area (Å²) in [5, 5.41) is 3.67. The van der Waals surface area contributed by atoms with Crippen molar-refractivity contribution in [3.05, 3.63) is 64.7 Å². The average Bonchev–Trinajstić information content (AvgIpc) is 2.70. The number of nitrogens with zero attached hydrogens (tertiary/aromatic N) is 1. The molecule has 1 N–H and O–H groups in total. The maximum Gasteiger partial charge on any atom is 0.340 e. The quantitative estimate of drug-likeness (QED) is 0.731. The second kappa shape index (κ2) is 9.71. The zero-order chi connectivity index (χ0) is 19.9. The Hall–Kier alpha value is -2.37. The Bertz CT molecular complexity index is 840. The molecule has 1 amide bonds. The van der Waals surface area contributed by atoms with Crippen molar-refractivity contribution in [1.29, 1.82) is 0 Å². The molecule has 0 radical (unpaired) electrons. The van der Waals surface area contributed by atoms with Crippen molar-refractivity contribution in [1.82, 2.24) is 4.90 Å². The summed E-state index contributed by atoms with van der Waals surface area (Å²) in [6.45, 7) is 4.38. The van der Waals surface area contributed by atoms with Gasteiger partial charge in [0, 0.05) is 18.1 Å².